The molecule has 18 heavy (non-hydrogen) atoms. The number of nitrogens with two attached hydrogens (primary N) is 1. The van der Waals surface area contributed by atoms with Crippen molar-refractivity contribution in [3.8, 4) is 0 Å². The van der Waals surface area contributed by atoms with Crippen molar-refractivity contribution < 1.29 is 0 Å². The van der Waals surface area contributed by atoms with Gasteiger partial charge in [0.15, 0.2) is 0 Å². The number of rotatable bonds is 3. The van der Waals surface area contributed by atoms with Gasteiger partial charge in [0.05, 0.1) is 11.9 Å². The SMILES string of the molecule is CCC1CN(c2cnccc2C(=N)N)CCN1C. The van der Waals surface area contributed by atoms with Crippen molar-refractivity contribution in [3.05, 3.63) is 24.0 Å². The summed E-state index contributed by atoms with van der Waals surface area (Å²) in [5.74, 6) is 0.111. The highest BCUT2D eigenvalue weighted by Crippen LogP contribution is 2.22. The number of nitrogens with one attached hydrogen (secondary N) is 1. The molecule has 98 valence electrons. The van der Waals surface area contributed by atoms with Gasteiger partial charge in [0.2, 0.25) is 0 Å². The van der Waals surface area contributed by atoms with Crippen LogP contribution in [0.15, 0.2) is 18.5 Å². The van der Waals surface area contributed by atoms with Gasteiger partial charge in [0.1, 0.15) is 5.84 Å². The summed E-state index contributed by atoms with van der Waals surface area (Å²) in [7, 11) is 2.17. The third-order valence-corrected chi connectivity index (χ3v) is 3.68. The number of nitrogen functional groups attached to an aromatic ring is 1. The van der Waals surface area contributed by atoms with Crippen LogP contribution in [0.3, 0.4) is 0 Å². The average molecular weight is 247 g/mol. The summed E-state index contributed by atoms with van der Waals surface area (Å²) < 4.78 is 0. The van der Waals surface area contributed by atoms with E-state index < -0.39 is 0 Å². The van der Waals surface area contributed by atoms with Gasteiger partial charge in [0, 0.05) is 37.4 Å². The first-order valence-corrected chi connectivity index (χ1v) is 6.37. The molecular weight excluding hydrogens is 226 g/mol. The van der Waals surface area contributed by atoms with Crippen molar-refractivity contribution in [1.82, 2.24) is 9.88 Å². The van der Waals surface area contributed by atoms with E-state index in [-0.39, 0.29) is 5.84 Å². The molecule has 0 radical (unpaired) electrons. The Morgan fingerprint density at radius 3 is 3.00 bits per heavy atom. The number of pyridine rings is 1. The monoisotopic (exact) mass is 247 g/mol. The fraction of sp³-hybridized carbons (Fsp3) is 0.538. The molecule has 1 atom stereocenters. The molecule has 5 nitrogen and oxygen atoms in total. The zero-order valence-electron chi connectivity index (χ0n) is 11.1. The lowest BCUT2D eigenvalue weighted by Gasteiger charge is -2.40. The van der Waals surface area contributed by atoms with Gasteiger partial charge >= 0.3 is 0 Å². The normalized spacial score (nSPS) is 21.0. The number of piperazine rings is 1. The van der Waals surface area contributed by atoms with Crippen LogP contribution >= 0.6 is 0 Å². The zero-order valence-corrected chi connectivity index (χ0v) is 11.1. The third kappa shape index (κ3) is 2.46. The number of anilines is 1. The Balaban J connectivity index is 2.24. The van der Waals surface area contributed by atoms with E-state index in [4.69, 9.17) is 11.1 Å². The summed E-state index contributed by atoms with van der Waals surface area (Å²) in [4.78, 5) is 8.84. The van der Waals surface area contributed by atoms with E-state index in [1.54, 1.807) is 6.20 Å². The molecular formula is C13H21N5. The molecule has 0 aliphatic carbocycles. The van der Waals surface area contributed by atoms with Gasteiger partial charge in [-0.3, -0.25) is 15.3 Å². The van der Waals surface area contributed by atoms with E-state index >= 15 is 0 Å². The van der Waals surface area contributed by atoms with Crippen molar-refractivity contribution in [2.24, 2.45) is 5.73 Å². The van der Waals surface area contributed by atoms with Crippen LogP contribution in [0.25, 0.3) is 0 Å². The van der Waals surface area contributed by atoms with Crippen molar-refractivity contribution in [1.29, 1.82) is 5.41 Å². The van der Waals surface area contributed by atoms with E-state index in [0.717, 1.165) is 37.3 Å². The van der Waals surface area contributed by atoms with Crippen LogP contribution in [0.1, 0.15) is 18.9 Å². The van der Waals surface area contributed by atoms with Gasteiger partial charge in [-0.05, 0) is 19.5 Å². The summed E-state index contributed by atoms with van der Waals surface area (Å²) in [5.41, 5.74) is 7.40. The number of hydrogen-bond donors (Lipinski definition) is 2. The molecule has 0 aromatic carbocycles. The average Bonchev–Trinajstić information content (AvgIpc) is 2.39. The number of amidine groups is 1. The van der Waals surface area contributed by atoms with Crippen molar-refractivity contribution in [2.75, 3.05) is 31.6 Å². The standard InChI is InChI=1S/C13H21N5/c1-3-10-9-18(7-6-17(10)2)12-8-16-5-4-11(12)13(14)15/h4-5,8,10H,3,6-7,9H2,1-2H3,(H3,14,15). The molecule has 1 unspecified atom stereocenters. The Labute approximate surface area is 108 Å². The van der Waals surface area contributed by atoms with Gasteiger partial charge in [-0.25, -0.2) is 0 Å². The van der Waals surface area contributed by atoms with Gasteiger partial charge in [0.25, 0.3) is 0 Å². The summed E-state index contributed by atoms with van der Waals surface area (Å²) in [6.45, 7) is 5.17. The van der Waals surface area contributed by atoms with Gasteiger partial charge in [-0.15, -0.1) is 0 Å². The van der Waals surface area contributed by atoms with E-state index in [0.29, 0.717) is 6.04 Å². The quantitative estimate of drug-likeness (QED) is 0.615. The van der Waals surface area contributed by atoms with E-state index in [2.05, 4.69) is 28.8 Å². The molecule has 2 heterocycles. The molecule has 1 aliphatic rings. The number of aromatic nitrogens is 1. The van der Waals surface area contributed by atoms with Crippen molar-refractivity contribution >= 4 is 11.5 Å². The lowest BCUT2D eigenvalue weighted by atomic mass is 10.1. The minimum Gasteiger partial charge on any atom is -0.384 e. The first-order valence-electron chi connectivity index (χ1n) is 6.37. The predicted octanol–water partition coefficient (Wildman–Crippen LogP) is 0.896. The molecule has 1 aromatic heterocycles. The summed E-state index contributed by atoms with van der Waals surface area (Å²) in [6, 6.07) is 2.37. The van der Waals surface area contributed by atoms with Crippen molar-refractivity contribution in [3.63, 3.8) is 0 Å². The highest BCUT2D eigenvalue weighted by atomic mass is 15.3. The summed E-state index contributed by atoms with van der Waals surface area (Å²) >= 11 is 0. The fourth-order valence-electron chi connectivity index (χ4n) is 2.47. The maximum Gasteiger partial charge on any atom is 0.125 e. The fourth-order valence-corrected chi connectivity index (χ4v) is 2.47. The lowest BCUT2D eigenvalue weighted by Crippen LogP contribution is -2.51. The summed E-state index contributed by atoms with van der Waals surface area (Å²) in [5, 5.41) is 7.64. The Hall–Kier alpha value is -1.62. The van der Waals surface area contributed by atoms with E-state index in [9.17, 15) is 0 Å². The van der Waals surface area contributed by atoms with Gasteiger partial charge < -0.3 is 10.6 Å². The molecule has 0 bridgehead atoms. The molecule has 1 aromatic rings. The smallest absolute Gasteiger partial charge is 0.125 e. The van der Waals surface area contributed by atoms with Gasteiger partial charge in [-0.2, -0.15) is 0 Å². The molecule has 2 rings (SSSR count). The molecule has 0 saturated carbocycles. The van der Waals surface area contributed by atoms with Crippen LogP contribution in [0.2, 0.25) is 0 Å². The van der Waals surface area contributed by atoms with Crippen molar-refractivity contribution in [2.45, 2.75) is 19.4 Å². The Bertz CT molecular complexity index is 431. The van der Waals surface area contributed by atoms with Crippen LogP contribution in [-0.4, -0.2) is 48.4 Å². The van der Waals surface area contributed by atoms with Crippen LogP contribution in [0, 0.1) is 5.41 Å². The molecule has 5 heteroatoms. The van der Waals surface area contributed by atoms with Gasteiger partial charge in [-0.1, -0.05) is 6.92 Å². The highest BCUT2D eigenvalue weighted by molar-refractivity contribution is 6.00. The Morgan fingerprint density at radius 2 is 2.33 bits per heavy atom. The number of hydrogen-bond acceptors (Lipinski definition) is 4. The second-order valence-corrected chi connectivity index (χ2v) is 4.80. The molecule has 0 spiro atoms. The zero-order chi connectivity index (χ0) is 13.1. The van der Waals surface area contributed by atoms with Crippen LogP contribution in [0.5, 0.6) is 0 Å². The first-order chi connectivity index (χ1) is 8.63. The van der Waals surface area contributed by atoms with E-state index in [1.165, 1.54) is 0 Å². The molecule has 1 fully saturated rings. The largest absolute Gasteiger partial charge is 0.384 e. The molecule has 1 saturated heterocycles. The maximum atomic E-state index is 7.64. The third-order valence-electron chi connectivity index (χ3n) is 3.68. The van der Waals surface area contributed by atoms with Crippen LogP contribution in [-0.2, 0) is 0 Å². The van der Waals surface area contributed by atoms with E-state index in [1.807, 2.05) is 12.3 Å². The Morgan fingerprint density at radius 1 is 1.56 bits per heavy atom. The molecule has 0 amide bonds. The number of nitrogens with zero attached hydrogens (tertiary/aromatic N) is 3. The second kappa shape index (κ2) is 5.35. The topological polar surface area (TPSA) is 69.2 Å². The predicted molar refractivity (Wildman–Crippen MR) is 74.2 cm³/mol. The maximum absolute atomic E-state index is 7.64. The summed E-state index contributed by atoms with van der Waals surface area (Å²) in [6.07, 6.45) is 4.63. The number of likely N-dealkylation sites (N-methyl/N-ethyl adjacent to an activating group) is 1. The highest BCUT2D eigenvalue weighted by Gasteiger charge is 2.24. The minimum absolute atomic E-state index is 0.111. The molecule has 3 N–H and O–H groups in total. The second-order valence-electron chi connectivity index (χ2n) is 4.80. The minimum atomic E-state index is 0.111. The van der Waals surface area contributed by atoms with Crippen LogP contribution in [0.4, 0.5) is 5.69 Å². The Kier molecular flexibility index (Phi) is 3.81. The lowest BCUT2D eigenvalue weighted by molar-refractivity contribution is 0.213. The molecule has 1 aliphatic heterocycles. The first kappa shape index (κ1) is 12.8. The van der Waals surface area contributed by atoms with Crippen LogP contribution < -0.4 is 10.6 Å².